The van der Waals surface area contributed by atoms with Gasteiger partial charge in [0.25, 0.3) is 0 Å². The van der Waals surface area contributed by atoms with E-state index < -0.39 is 5.97 Å². The largest absolute Gasteiger partial charge is 0.496 e. The second-order valence-electron chi connectivity index (χ2n) is 3.34. The van der Waals surface area contributed by atoms with Crippen molar-refractivity contribution in [3.8, 4) is 5.75 Å². The normalized spacial score (nSPS) is 9.82. The van der Waals surface area contributed by atoms with Crippen LogP contribution in [0.4, 0.5) is 0 Å². The van der Waals surface area contributed by atoms with Crippen LogP contribution in [-0.4, -0.2) is 26.0 Å². The fourth-order valence-corrected chi connectivity index (χ4v) is 1.52. The number of carbonyl (C=O) groups is 2. The Labute approximate surface area is 104 Å². The molecule has 1 rings (SSSR count). The molecule has 0 spiro atoms. The van der Waals surface area contributed by atoms with Crippen LogP contribution in [0.15, 0.2) is 18.2 Å². The molecule has 4 nitrogen and oxygen atoms in total. The Morgan fingerprint density at radius 3 is 2.53 bits per heavy atom. The lowest BCUT2D eigenvalue weighted by Gasteiger charge is -2.07. The molecule has 0 atom stereocenters. The lowest BCUT2D eigenvalue weighted by Crippen LogP contribution is -2.07. The summed E-state index contributed by atoms with van der Waals surface area (Å²) in [7, 11) is 2.76. The number of esters is 1. The summed E-state index contributed by atoms with van der Waals surface area (Å²) in [5, 5.41) is 0.451. The SMILES string of the molecule is COC(=O)CCC(=O)c1cc(Cl)ccc1OC. The molecule has 0 aliphatic carbocycles. The first-order chi connectivity index (χ1) is 8.08. The van der Waals surface area contributed by atoms with Crippen LogP contribution < -0.4 is 4.74 Å². The summed E-state index contributed by atoms with van der Waals surface area (Å²) in [5.74, 6) is -0.168. The van der Waals surface area contributed by atoms with Crippen molar-refractivity contribution in [2.24, 2.45) is 0 Å². The highest BCUT2D eigenvalue weighted by atomic mass is 35.5. The number of carbonyl (C=O) groups excluding carboxylic acids is 2. The molecule has 0 aliphatic heterocycles. The van der Waals surface area contributed by atoms with Gasteiger partial charge < -0.3 is 9.47 Å². The van der Waals surface area contributed by atoms with Crippen molar-refractivity contribution in [2.75, 3.05) is 14.2 Å². The molecule has 1 aromatic carbocycles. The lowest BCUT2D eigenvalue weighted by molar-refractivity contribution is -0.140. The zero-order valence-electron chi connectivity index (χ0n) is 9.66. The van der Waals surface area contributed by atoms with Gasteiger partial charge in [0.1, 0.15) is 5.75 Å². The number of halogens is 1. The first-order valence-electron chi connectivity index (χ1n) is 5.02. The summed E-state index contributed by atoms with van der Waals surface area (Å²) in [6.45, 7) is 0. The van der Waals surface area contributed by atoms with Crippen molar-refractivity contribution in [2.45, 2.75) is 12.8 Å². The molecule has 92 valence electrons. The summed E-state index contributed by atoms with van der Waals surface area (Å²) in [6, 6.07) is 4.78. The van der Waals surface area contributed by atoms with Crippen molar-refractivity contribution >= 4 is 23.4 Å². The summed E-state index contributed by atoms with van der Waals surface area (Å²) >= 11 is 5.81. The molecule has 0 aromatic heterocycles. The molecule has 0 unspecified atom stereocenters. The van der Waals surface area contributed by atoms with E-state index in [0.29, 0.717) is 16.3 Å². The van der Waals surface area contributed by atoms with Gasteiger partial charge in [-0.3, -0.25) is 9.59 Å². The molecular weight excluding hydrogens is 244 g/mol. The minimum absolute atomic E-state index is 0.0466. The number of hydrogen-bond donors (Lipinski definition) is 0. The molecule has 0 N–H and O–H groups in total. The molecule has 0 bridgehead atoms. The molecular formula is C12H13ClO4. The maximum atomic E-state index is 11.9. The standard InChI is InChI=1S/C12H13ClO4/c1-16-11-5-3-8(13)7-9(11)10(14)4-6-12(15)17-2/h3,5,7H,4,6H2,1-2H3. The Bertz CT molecular complexity index is 429. The van der Waals surface area contributed by atoms with Gasteiger partial charge in [0.2, 0.25) is 0 Å². The Kier molecular flexibility index (Phi) is 4.97. The molecule has 5 heteroatoms. The van der Waals surface area contributed by atoms with Gasteiger partial charge in [-0.25, -0.2) is 0 Å². The second kappa shape index (κ2) is 6.25. The van der Waals surface area contributed by atoms with Gasteiger partial charge in [0, 0.05) is 11.4 Å². The van der Waals surface area contributed by atoms with Crippen molar-refractivity contribution in [3.63, 3.8) is 0 Å². The van der Waals surface area contributed by atoms with Crippen molar-refractivity contribution in [3.05, 3.63) is 28.8 Å². The van der Waals surface area contributed by atoms with Crippen LogP contribution in [-0.2, 0) is 9.53 Å². The average molecular weight is 257 g/mol. The quantitative estimate of drug-likeness (QED) is 0.600. The monoisotopic (exact) mass is 256 g/mol. The van der Waals surface area contributed by atoms with E-state index in [1.807, 2.05) is 0 Å². The Morgan fingerprint density at radius 2 is 1.94 bits per heavy atom. The number of methoxy groups -OCH3 is 2. The molecule has 0 aliphatic rings. The van der Waals surface area contributed by atoms with E-state index in [1.54, 1.807) is 12.1 Å². The third-order valence-electron chi connectivity index (χ3n) is 2.25. The first-order valence-corrected chi connectivity index (χ1v) is 5.40. The van der Waals surface area contributed by atoms with Crippen LogP contribution in [0.25, 0.3) is 0 Å². The minimum Gasteiger partial charge on any atom is -0.496 e. The van der Waals surface area contributed by atoms with Gasteiger partial charge in [-0.15, -0.1) is 0 Å². The van der Waals surface area contributed by atoms with Gasteiger partial charge in [-0.1, -0.05) is 11.6 Å². The van der Waals surface area contributed by atoms with Gasteiger partial charge >= 0.3 is 5.97 Å². The van der Waals surface area contributed by atoms with E-state index in [1.165, 1.54) is 20.3 Å². The third-order valence-corrected chi connectivity index (χ3v) is 2.48. The Balaban J connectivity index is 2.80. The third kappa shape index (κ3) is 3.75. The molecule has 0 saturated heterocycles. The second-order valence-corrected chi connectivity index (χ2v) is 3.78. The maximum Gasteiger partial charge on any atom is 0.305 e. The van der Waals surface area contributed by atoms with Crippen LogP contribution >= 0.6 is 11.6 Å². The van der Waals surface area contributed by atoms with E-state index in [2.05, 4.69) is 4.74 Å². The topological polar surface area (TPSA) is 52.6 Å². The molecule has 0 amide bonds. The van der Waals surface area contributed by atoms with E-state index in [-0.39, 0.29) is 18.6 Å². The number of ketones is 1. The zero-order valence-corrected chi connectivity index (χ0v) is 10.4. The van der Waals surface area contributed by atoms with Crippen LogP contribution in [0.1, 0.15) is 23.2 Å². The fraction of sp³-hybridized carbons (Fsp3) is 0.333. The number of hydrogen-bond acceptors (Lipinski definition) is 4. The fourth-order valence-electron chi connectivity index (χ4n) is 1.35. The number of ether oxygens (including phenoxy) is 2. The van der Waals surface area contributed by atoms with E-state index in [9.17, 15) is 9.59 Å². The molecule has 0 radical (unpaired) electrons. The van der Waals surface area contributed by atoms with Crippen molar-refractivity contribution in [1.29, 1.82) is 0 Å². The lowest BCUT2D eigenvalue weighted by atomic mass is 10.1. The maximum absolute atomic E-state index is 11.9. The molecule has 0 saturated carbocycles. The van der Waals surface area contributed by atoms with Crippen molar-refractivity contribution < 1.29 is 19.1 Å². The van der Waals surface area contributed by atoms with Crippen LogP contribution in [0.5, 0.6) is 5.75 Å². The minimum atomic E-state index is -0.417. The van der Waals surface area contributed by atoms with Crippen LogP contribution in [0.3, 0.4) is 0 Å². The van der Waals surface area contributed by atoms with E-state index in [0.717, 1.165) is 0 Å². The van der Waals surface area contributed by atoms with Gasteiger partial charge in [0.05, 0.1) is 26.2 Å². The number of Topliss-reactive ketones (excluding diaryl/α,β-unsaturated/α-hetero) is 1. The van der Waals surface area contributed by atoms with Crippen LogP contribution in [0, 0.1) is 0 Å². The predicted molar refractivity (Wildman–Crippen MR) is 63.6 cm³/mol. The summed E-state index contributed by atoms with van der Waals surface area (Å²) in [4.78, 5) is 22.8. The zero-order chi connectivity index (χ0) is 12.8. The highest BCUT2D eigenvalue weighted by Crippen LogP contribution is 2.24. The predicted octanol–water partition coefficient (Wildman–Crippen LogP) is 2.48. The Morgan fingerprint density at radius 1 is 1.24 bits per heavy atom. The number of rotatable bonds is 5. The average Bonchev–Trinajstić information content (AvgIpc) is 2.35. The summed E-state index contributed by atoms with van der Waals surface area (Å²) in [6.07, 6.45) is 0.119. The molecule has 1 aromatic rings. The van der Waals surface area contributed by atoms with Crippen molar-refractivity contribution in [1.82, 2.24) is 0 Å². The first kappa shape index (κ1) is 13.5. The van der Waals surface area contributed by atoms with E-state index >= 15 is 0 Å². The van der Waals surface area contributed by atoms with Gasteiger partial charge in [0.15, 0.2) is 5.78 Å². The highest BCUT2D eigenvalue weighted by molar-refractivity contribution is 6.31. The number of benzene rings is 1. The molecule has 17 heavy (non-hydrogen) atoms. The summed E-state index contributed by atoms with van der Waals surface area (Å²) < 4.78 is 9.53. The van der Waals surface area contributed by atoms with Gasteiger partial charge in [-0.2, -0.15) is 0 Å². The smallest absolute Gasteiger partial charge is 0.305 e. The van der Waals surface area contributed by atoms with E-state index in [4.69, 9.17) is 16.3 Å². The molecule has 0 fully saturated rings. The van der Waals surface area contributed by atoms with Gasteiger partial charge in [-0.05, 0) is 18.2 Å². The Hall–Kier alpha value is -1.55. The summed E-state index contributed by atoms with van der Waals surface area (Å²) in [5.41, 5.74) is 0.379. The molecule has 0 heterocycles. The van der Waals surface area contributed by atoms with Crippen LogP contribution in [0.2, 0.25) is 5.02 Å². The highest BCUT2D eigenvalue weighted by Gasteiger charge is 2.14.